The first-order valence-corrected chi connectivity index (χ1v) is 6.31. The van der Waals surface area contributed by atoms with E-state index < -0.39 is 0 Å². The zero-order chi connectivity index (χ0) is 11.5. The monoisotopic (exact) mass is 228 g/mol. The first kappa shape index (κ1) is 12.3. The second-order valence-corrected chi connectivity index (χ2v) is 5.36. The van der Waals surface area contributed by atoms with Gasteiger partial charge in [0.15, 0.2) is 0 Å². The summed E-state index contributed by atoms with van der Waals surface area (Å²) in [6, 6.07) is 0.682. The smallest absolute Gasteiger partial charge is 0.0624 e. The molecule has 0 spiro atoms. The van der Waals surface area contributed by atoms with Crippen LogP contribution in [0.15, 0.2) is 0 Å². The van der Waals surface area contributed by atoms with Crippen LogP contribution < -0.4 is 0 Å². The molecule has 2 heterocycles. The van der Waals surface area contributed by atoms with Crippen LogP contribution in [-0.4, -0.2) is 74.0 Å². The van der Waals surface area contributed by atoms with E-state index in [0.29, 0.717) is 12.0 Å². The van der Waals surface area contributed by atoms with Crippen LogP contribution in [0.3, 0.4) is 0 Å². The molecule has 0 bridgehead atoms. The average Bonchev–Trinajstić information content (AvgIpc) is 2.70. The summed E-state index contributed by atoms with van der Waals surface area (Å²) in [6.07, 6.45) is 1.89. The third-order valence-electron chi connectivity index (χ3n) is 3.90. The second kappa shape index (κ2) is 5.45. The zero-order valence-corrected chi connectivity index (χ0v) is 10.4. The van der Waals surface area contributed by atoms with E-state index in [9.17, 15) is 5.11 Å². The first-order valence-electron chi connectivity index (χ1n) is 6.31. The SMILES string of the molecule is CN(C)C1CCN(CC2COCCC2O)C1. The van der Waals surface area contributed by atoms with Crippen LogP contribution >= 0.6 is 0 Å². The van der Waals surface area contributed by atoms with Crippen LogP contribution in [0, 0.1) is 5.92 Å². The average molecular weight is 228 g/mol. The lowest BCUT2D eigenvalue weighted by Crippen LogP contribution is -2.41. The maximum absolute atomic E-state index is 9.89. The van der Waals surface area contributed by atoms with Crippen molar-refractivity contribution >= 4 is 0 Å². The Morgan fingerprint density at radius 3 is 2.81 bits per heavy atom. The highest BCUT2D eigenvalue weighted by atomic mass is 16.5. The van der Waals surface area contributed by atoms with Crippen molar-refractivity contribution in [1.29, 1.82) is 0 Å². The molecular formula is C12H24N2O2. The maximum Gasteiger partial charge on any atom is 0.0624 e. The molecule has 2 aliphatic heterocycles. The largest absolute Gasteiger partial charge is 0.393 e. The molecule has 2 saturated heterocycles. The highest BCUT2D eigenvalue weighted by molar-refractivity contribution is 4.84. The van der Waals surface area contributed by atoms with Gasteiger partial charge in [0, 0.05) is 31.7 Å². The molecule has 1 N–H and O–H groups in total. The van der Waals surface area contributed by atoms with Crippen molar-refractivity contribution in [2.75, 3.05) is 46.9 Å². The molecule has 0 aromatic rings. The fourth-order valence-corrected chi connectivity index (χ4v) is 2.69. The highest BCUT2D eigenvalue weighted by Gasteiger charge is 2.30. The van der Waals surface area contributed by atoms with Crippen LogP contribution in [0.5, 0.6) is 0 Å². The third-order valence-corrected chi connectivity index (χ3v) is 3.90. The van der Waals surface area contributed by atoms with Crippen molar-refractivity contribution in [3.63, 3.8) is 0 Å². The number of likely N-dealkylation sites (N-methyl/N-ethyl adjacent to an activating group) is 1. The molecule has 2 aliphatic rings. The quantitative estimate of drug-likeness (QED) is 0.739. The molecule has 4 heteroatoms. The summed E-state index contributed by atoms with van der Waals surface area (Å²) in [5.74, 6) is 0.315. The molecule has 2 fully saturated rings. The molecule has 16 heavy (non-hydrogen) atoms. The molecular weight excluding hydrogens is 204 g/mol. The van der Waals surface area contributed by atoms with Gasteiger partial charge >= 0.3 is 0 Å². The number of hydrogen-bond donors (Lipinski definition) is 1. The van der Waals surface area contributed by atoms with Crippen LogP contribution in [0.1, 0.15) is 12.8 Å². The molecule has 0 aliphatic carbocycles. The Bertz CT molecular complexity index is 223. The Labute approximate surface area is 98.2 Å². The van der Waals surface area contributed by atoms with E-state index in [1.807, 2.05) is 0 Å². The number of rotatable bonds is 3. The van der Waals surface area contributed by atoms with Gasteiger partial charge in [0.25, 0.3) is 0 Å². The molecule has 2 rings (SSSR count). The highest BCUT2D eigenvalue weighted by Crippen LogP contribution is 2.20. The minimum Gasteiger partial charge on any atom is -0.393 e. The standard InChI is InChI=1S/C12H24N2O2/c1-13(2)11-3-5-14(8-11)7-10-9-16-6-4-12(10)15/h10-12,15H,3-9H2,1-2H3. The van der Waals surface area contributed by atoms with Gasteiger partial charge in [0.2, 0.25) is 0 Å². The summed E-state index contributed by atoms with van der Waals surface area (Å²) in [5.41, 5.74) is 0. The number of aliphatic hydroxyl groups is 1. The Morgan fingerprint density at radius 1 is 1.38 bits per heavy atom. The van der Waals surface area contributed by atoms with Crippen LogP contribution in [0.2, 0.25) is 0 Å². The summed E-state index contributed by atoms with van der Waals surface area (Å²) >= 11 is 0. The van der Waals surface area contributed by atoms with Crippen LogP contribution in [0.4, 0.5) is 0 Å². The lowest BCUT2D eigenvalue weighted by molar-refractivity contribution is -0.0450. The first-order chi connectivity index (χ1) is 7.66. The maximum atomic E-state index is 9.89. The minimum absolute atomic E-state index is 0.160. The molecule has 0 amide bonds. The molecule has 0 aromatic carbocycles. The van der Waals surface area contributed by atoms with Crippen molar-refractivity contribution in [3.05, 3.63) is 0 Å². The number of nitrogens with zero attached hydrogens (tertiary/aromatic N) is 2. The Kier molecular flexibility index (Phi) is 4.19. The molecule has 3 atom stereocenters. The Hall–Kier alpha value is -0.160. The van der Waals surface area contributed by atoms with Gasteiger partial charge in [-0.3, -0.25) is 0 Å². The van der Waals surface area contributed by atoms with E-state index in [4.69, 9.17) is 4.74 Å². The molecule has 3 unspecified atom stereocenters. The Balaban J connectivity index is 1.77. The normalized spacial score (nSPS) is 37.1. The lowest BCUT2D eigenvalue weighted by Gasteiger charge is -2.31. The number of ether oxygens (including phenoxy) is 1. The fraction of sp³-hybridized carbons (Fsp3) is 1.00. The second-order valence-electron chi connectivity index (χ2n) is 5.36. The van der Waals surface area contributed by atoms with Gasteiger partial charge in [-0.05, 0) is 33.5 Å². The van der Waals surface area contributed by atoms with E-state index in [1.165, 1.54) is 6.42 Å². The number of likely N-dealkylation sites (tertiary alicyclic amines) is 1. The van der Waals surface area contributed by atoms with Gasteiger partial charge in [0.05, 0.1) is 12.7 Å². The van der Waals surface area contributed by atoms with Gasteiger partial charge in [-0.25, -0.2) is 0 Å². The van der Waals surface area contributed by atoms with Crippen LogP contribution in [0.25, 0.3) is 0 Å². The predicted octanol–water partition coefficient (Wildman–Crippen LogP) is 0.0197. The predicted molar refractivity (Wildman–Crippen MR) is 63.5 cm³/mol. The van der Waals surface area contributed by atoms with E-state index in [2.05, 4.69) is 23.9 Å². The van der Waals surface area contributed by atoms with E-state index in [1.54, 1.807) is 0 Å². The van der Waals surface area contributed by atoms with Crippen molar-refractivity contribution in [2.24, 2.45) is 5.92 Å². The molecule has 0 radical (unpaired) electrons. The molecule has 0 saturated carbocycles. The lowest BCUT2D eigenvalue weighted by atomic mass is 9.98. The van der Waals surface area contributed by atoms with Gasteiger partial charge in [-0.15, -0.1) is 0 Å². The van der Waals surface area contributed by atoms with E-state index in [0.717, 1.165) is 39.3 Å². The summed E-state index contributed by atoms with van der Waals surface area (Å²) in [4.78, 5) is 4.76. The van der Waals surface area contributed by atoms with Crippen molar-refractivity contribution in [2.45, 2.75) is 25.0 Å². The van der Waals surface area contributed by atoms with Crippen LogP contribution in [-0.2, 0) is 4.74 Å². The molecule has 94 valence electrons. The topological polar surface area (TPSA) is 35.9 Å². The van der Waals surface area contributed by atoms with Gasteiger partial charge in [-0.1, -0.05) is 0 Å². The van der Waals surface area contributed by atoms with Gasteiger partial charge < -0.3 is 19.6 Å². The summed E-state index contributed by atoms with van der Waals surface area (Å²) in [5, 5.41) is 9.89. The van der Waals surface area contributed by atoms with Gasteiger partial charge in [-0.2, -0.15) is 0 Å². The van der Waals surface area contributed by atoms with E-state index >= 15 is 0 Å². The summed E-state index contributed by atoms with van der Waals surface area (Å²) in [6.45, 7) is 4.73. The summed E-state index contributed by atoms with van der Waals surface area (Å²) < 4.78 is 5.44. The van der Waals surface area contributed by atoms with Crippen molar-refractivity contribution in [1.82, 2.24) is 9.80 Å². The Morgan fingerprint density at radius 2 is 2.19 bits per heavy atom. The fourth-order valence-electron chi connectivity index (χ4n) is 2.69. The van der Waals surface area contributed by atoms with Crippen molar-refractivity contribution in [3.8, 4) is 0 Å². The van der Waals surface area contributed by atoms with Gasteiger partial charge in [0.1, 0.15) is 0 Å². The summed E-state index contributed by atoms with van der Waals surface area (Å²) in [7, 11) is 4.29. The van der Waals surface area contributed by atoms with Crippen molar-refractivity contribution < 1.29 is 9.84 Å². The molecule has 4 nitrogen and oxygen atoms in total. The molecule has 0 aromatic heterocycles. The minimum atomic E-state index is -0.160. The van der Waals surface area contributed by atoms with E-state index in [-0.39, 0.29) is 6.10 Å². The number of hydrogen-bond acceptors (Lipinski definition) is 4. The zero-order valence-electron chi connectivity index (χ0n) is 10.4. The number of aliphatic hydroxyl groups excluding tert-OH is 1. The third kappa shape index (κ3) is 2.94.